The van der Waals surface area contributed by atoms with Gasteiger partial charge in [0, 0.05) is 12.6 Å². The summed E-state index contributed by atoms with van der Waals surface area (Å²) in [6.45, 7) is 0.0759. The van der Waals surface area contributed by atoms with Gasteiger partial charge in [0.2, 0.25) is 5.91 Å². The molecule has 4 rings (SSSR count). The molecule has 0 radical (unpaired) electrons. The molecule has 0 spiro atoms. The summed E-state index contributed by atoms with van der Waals surface area (Å²) in [6, 6.07) is 14.1. The highest BCUT2D eigenvalue weighted by Crippen LogP contribution is 2.29. The lowest BCUT2D eigenvalue weighted by Gasteiger charge is -2.26. The van der Waals surface area contributed by atoms with Crippen molar-refractivity contribution in [3.63, 3.8) is 0 Å². The van der Waals surface area contributed by atoms with Crippen molar-refractivity contribution in [2.24, 2.45) is 0 Å². The molecule has 0 saturated heterocycles. The fourth-order valence-electron chi connectivity index (χ4n) is 3.84. The van der Waals surface area contributed by atoms with Crippen LogP contribution in [-0.2, 0) is 24.2 Å². The first kappa shape index (κ1) is 19.1. The molecule has 1 heterocycles. The summed E-state index contributed by atoms with van der Waals surface area (Å²) < 4.78 is 15.3. The van der Waals surface area contributed by atoms with E-state index in [9.17, 15) is 14.0 Å². The van der Waals surface area contributed by atoms with Crippen molar-refractivity contribution < 1.29 is 14.0 Å². The number of carbonyl (C=O) groups is 2. The zero-order valence-electron chi connectivity index (χ0n) is 16.0. The minimum absolute atomic E-state index is 0.0186. The highest BCUT2D eigenvalue weighted by atomic mass is 19.1. The van der Waals surface area contributed by atoms with Crippen molar-refractivity contribution in [1.29, 1.82) is 0 Å². The van der Waals surface area contributed by atoms with Crippen LogP contribution in [0, 0.1) is 5.82 Å². The van der Waals surface area contributed by atoms with E-state index in [-0.39, 0.29) is 36.3 Å². The van der Waals surface area contributed by atoms with Crippen LogP contribution < -0.4 is 5.32 Å². The van der Waals surface area contributed by atoms with Crippen LogP contribution in [0.2, 0.25) is 0 Å². The van der Waals surface area contributed by atoms with Crippen molar-refractivity contribution in [1.82, 2.24) is 15.1 Å². The van der Waals surface area contributed by atoms with Gasteiger partial charge in [-0.3, -0.25) is 14.3 Å². The van der Waals surface area contributed by atoms with Crippen LogP contribution in [0.15, 0.2) is 60.9 Å². The second kappa shape index (κ2) is 8.39. The smallest absolute Gasteiger partial charge is 0.242 e. The molecular formula is C23H22FN3O2. The number of aromatic nitrogens is 2. The van der Waals surface area contributed by atoms with Gasteiger partial charge in [-0.25, -0.2) is 4.39 Å². The maximum absolute atomic E-state index is 13.8. The maximum atomic E-state index is 13.8. The number of aryl methyl sites for hydroxylation is 1. The molecule has 5 nitrogen and oxygen atoms in total. The summed E-state index contributed by atoms with van der Waals surface area (Å²) in [5, 5.41) is 7.26. The number of ketones is 1. The van der Waals surface area contributed by atoms with Gasteiger partial charge in [0.1, 0.15) is 12.4 Å². The van der Waals surface area contributed by atoms with E-state index in [1.54, 1.807) is 24.5 Å². The highest BCUT2D eigenvalue weighted by Gasteiger charge is 2.21. The van der Waals surface area contributed by atoms with Gasteiger partial charge in [0.15, 0.2) is 5.78 Å². The van der Waals surface area contributed by atoms with Gasteiger partial charge < -0.3 is 5.32 Å². The lowest BCUT2D eigenvalue weighted by atomic mass is 9.88. The number of benzene rings is 2. The Balaban J connectivity index is 1.36. The molecule has 3 aromatic rings. The second-order valence-electron chi connectivity index (χ2n) is 7.34. The van der Waals surface area contributed by atoms with Gasteiger partial charge in [-0.05, 0) is 48.1 Å². The Kier molecular flexibility index (Phi) is 5.51. The summed E-state index contributed by atoms with van der Waals surface area (Å²) in [5.74, 6) is -0.968. The quantitative estimate of drug-likeness (QED) is 0.653. The number of hydrogen-bond acceptors (Lipinski definition) is 3. The molecule has 29 heavy (non-hydrogen) atoms. The van der Waals surface area contributed by atoms with Crippen molar-refractivity contribution in [3.05, 3.63) is 89.0 Å². The number of Topliss-reactive ketones (excluding diaryl/α,β-unsaturated/α-hetero) is 1. The average molecular weight is 391 g/mol. The fourth-order valence-corrected chi connectivity index (χ4v) is 3.84. The van der Waals surface area contributed by atoms with Crippen LogP contribution in [0.5, 0.6) is 0 Å². The number of halogens is 1. The van der Waals surface area contributed by atoms with E-state index in [0.29, 0.717) is 5.56 Å². The van der Waals surface area contributed by atoms with E-state index in [1.807, 2.05) is 12.1 Å². The third-order valence-electron chi connectivity index (χ3n) is 5.24. The average Bonchev–Trinajstić information content (AvgIpc) is 3.15. The monoisotopic (exact) mass is 391 g/mol. The van der Waals surface area contributed by atoms with E-state index < -0.39 is 5.82 Å². The third kappa shape index (κ3) is 4.42. The number of amides is 1. The Bertz CT molecular complexity index is 1040. The molecule has 0 fully saturated rings. The number of nitrogens with zero attached hydrogens (tertiary/aromatic N) is 2. The molecule has 1 atom stereocenters. The molecule has 1 aromatic heterocycles. The van der Waals surface area contributed by atoms with Gasteiger partial charge >= 0.3 is 0 Å². The van der Waals surface area contributed by atoms with Crippen molar-refractivity contribution in [2.75, 3.05) is 0 Å². The lowest BCUT2D eigenvalue weighted by Crippen LogP contribution is -2.33. The van der Waals surface area contributed by atoms with Crippen LogP contribution in [0.25, 0.3) is 0 Å². The SMILES string of the molecule is O=C(Cn1cc(CC(=O)c2ccccc2F)cn1)NC1CCCc2ccccc21. The van der Waals surface area contributed by atoms with E-state index in [2.05, 4.69) is 22.5 Å². The molecular weight excluding hydrogens is 369 g/mol. The molecule has 1 aliphatic carbocycles. The normalized spacial score (nSPS) is 15.6. The summed E-state index contributed by atoms with van der Waals surface area (Å²) in [6.07, 6.45) is 6.25. The molecule has 1 unspecified atom stereocenters. The molecule has 1 aliphatic rings. The Hall–Kier alpha value is -3.28. The summed E-state index contributed by atoms with van der Waals surface area (Å²) in [4.78, 5) is 24.8. The number of nitrogens with one attached hydrogen (secondary N) is 1. The van der Waals surface area contributed by atoms with Crippen LogP contribution in [-0.4, -0.2) is 21.5 Å². The zero-order chi connectivity index (χ0) is 20.2. The second-order valence-corrected chi connectivity index (χ2v) is 7.34. The first-order valence-electron chi connectivity index (χ1n) is 9.76. The largest absolute Gasteiger partial charge is 0.348 e. The first-order valence-corrected chi connectivity index (χ1v) is 9.76. The molecule has 148 valence electrons. The molecule has 0 aliphatic heterocycles. The Morgan fingerprint density at radius 2 is 1.93 bits per heavy atom. The molecule has 2 aromatic carbocycles. The number of fused-ring (bicyclic) bond motifs is 1. The summed E-state index contributed by atoms with van der Waals surface area (Å²) >= 11 is 0. The standard InChI is InChI=1S/C23H22FN3O2/c24-20-10-4-3-9-19(20)22(28)12-16-13-25-27(14-16)15-23(29)26-21-11-5-7-17-6-1-2-8-18(17)21/h1-4,6,8-10,13-14,21H,5,7,11-12,15H2,(H,26,29). The van der Waals surface area contributed by atoms with E-state index in [0.717, 1.165) is 19.3 Å². The molecule has 0 saturated carbocycles. The molecule has 1 amide bonds. The fraction of sp³-hybridized carbons (Fsp3) is 0.261. The Morgan fingerprint density at radius 1 is 1.14 bits per heavy atom. The zero-order valence-corrected chi connectivity index (χ0v) is 16.0. The first-order chi connectivity index (χ1) is 14.1. The van der Waals surface area contributed by atoms with Crippen molar-refractivity contribution in [2.45, 2.75) is 38.3 Å². The van der Waals surface area contributed by atoms with Gasteiger partial charge in [0.25, 0.3) is 0 Å². The summed E-state index contributed by atoms with van der Waals surface area (Å²) in [7, 11) is 0. The minimum Gasteiger partial charge on any atom is -0.348 e. The number of hydrogen-bond donors (Lipinski definition) is 1. The van der Waals surface area contributed by atoms with Crippen LogP contribution in [0.3, 0.4) is 0 Å². The van der Waals surface area contributed by atoms with Crippen LogP contribution in [0.1, 0.15) is 45.9 Å². The third-order valence-corrected chi connectivity index (χ3v) is 5.24. The van der Waals surface area contributed by atoms with E-state index in [4.69, 9.17) is 0 Å². The predicted molar refractivity (Wildman–Crippen MR) is 107 cm³/mol. The molecule has 6 heteroatoms. The van der Waals surface area contributed by atoms with Gasteiger partial charge in [-0.15, -0.1) is 0 Å². The van der Waals surface area contributed by atoms with Gasteiger partial charge in [-0.2, -0.15) is 5.10 Å². The van der Waals surface area contributed by atoms with Gasteiger partial charge in [0.05, 0.1) is 17.8 Å². The summed E-state index contributed by atoms with van der Waals surface area (Å²) in [5.41, 5.74) is 3.18. The number of carbonyl (C=O) groups excluding carboxylic acids is 2. The number of rotatable bonds is 6. The van der Waals surface area contributed by atoms with Crippen molar-refractivity contribution >= 4 is 11.7 Å². The predicted octanol–water partition coefficient (Wildman–Crippen LogP) is 3.64. The highest BCUT2D eigenvalue weighted by molar-refractivity contribution is 5.97. The van der Waals surface area contributed by atoms with E-state index >= 15 is 0 Å². The maximum Gasteiger partial charge on any atom is 0.242 e. The Morgan fingerprint density at radius 3 is 2.79 bits per heavy atom. The van der Waals surface area contributed by atoms with Crippen LogP contribution >= 0.6 is 0 Å². The van der Waals surface area contributed by atoms with E-state index in [1.165, 1.54) is 27.9 Å². The lowest BCUT2D eigenvalue weighted by molar-refractivity contribution is -0.122. The van der Waals surface area contributed by atoms with Crippen molar-refractivity contribution in [3.8, 4) is 0 Å². The Labute approximate surface area is 168 Å². The molecule has 1 N–H and O–H groups in total. The minimum atomic E-state index is -0.531. The molecule has 0 bridgehead atoms. The van der Waals surface area contributed by atoms with Gasteiger partial charge in [-0.1, -0.05) is 36.4 Å². The van der Waals surface area contributed by atoms with Crippen LogP contribution in [0.4, 0.5) is 4.39 Å². The topological polar surface area (TPSA) is 64.0 Å².